The lowest BCUT2D eigenvalue weighted by atomic mass is 9.98. The molecule has 0 aliphatic rings. The number of anilines is 1. The highest BCUT2D eigenvalue weighted by atomic mass is 32.1. The third-order valence-corrected chi connectivity index (χ3v) is 3.99. The molecule has 2 N–H and O–H groups in total. The van der Waals surface area contributed by atoms with Crippen LogP contribution in [0.15, 0.2) is 42.5 Å². The van der Waals surface area contributed by atoms with Crippen LogP contribution < -0.4 is 10.6 Å². The Morgan fingerprint density at radius 3 is 2.36 bits per heavy atom. The van der Waals surface area contributed by atoms with E-state index in [0.29, 0.717) is 11.0 Å². The van der Waals surface area contributed by atoms with Gasteiger partial charge in [-0.15, -0.1) is 0 Å². The summed E-state index contributed by atoms with van der Waals surface area (Å²) in [5.74, 6) is 0.460. The van der Waals surface area contributed by atoms with E-state index in [1.807, 2.05) is 0 Å². The number of hydrogen-bond donors (Lipinski definition) is 2. The minimum atomic E-state index is 0.460. The highest BCUT2D eigenvalue weighted by Gasteiger charge is 2.10. The van der Waals surface area contributed by atoms with E-state index >= 15 is 0 Å². The van der Waals surface area contributed by atoms with Crippen molar-refractivity contribution in [1.82, 2.24) is 5.32 Å². The monoisotopic (exact) mass is 312 g/mol. The minimum Gasteiger partial charge on any atom is -0.358 e. The van der Waals surface area contributed by atoms with Crippen molar-refractivity contribution in [1.29, 1.82) is 0 Å². The van der Waals surface area contributed by atoms with Crippen LogP contribution in [0.5, 0.6) is 0 Å². The molecule has 0 aromatic heterocycles. The zero-order valence-corrected chi connectivity index (χ0v) is 14.6. The number of benzene rings is 2. The van der Waals surface area contributed by atoms with Crippen molar-refractivity contribution in [3.63, 3.8) is 0 Å². The van der Waals surface area contributed by atoms with Crippen molar-refractivity contribution < 1.29 is 0 Å². The van der Waals surface area contributed by atoms with Gasteiger partial charge < -0.3 is 10.6 Å². The lowest BCUT2D eigenvalue weighted by Gasteiger charge is -2.18. The summed E-state index contributed by atoms with van der Waals surface area (Å²) in [7, 11) is 0. The molecule has 0 saturated heterocycles. The summed E-state index contributed by atoms with van der Waals surface area (Å²) < 4.78 is 0. The van der Waals surface area contributed by atoms with Crippen molar-refractivity contribution in [2.24, 2.45) is 0 Å². The van der Waals surface area contributed by atoms with Crippen LogP contribution >= 0.6 is 12.2 Å². The zero-order valence-electron chi connectivity index (χ0n) is 13.7. The largest absolute Gasteiger partial charge is 0.358 e. The summed E-state index contributed by atoms with van der Waals surface area (Å²) in [6, 6.07) is 14.8. The van der Waals surface area contributed by atoms with E-state index in [9.17, 15) is 0 Å². The molecule has 22 heavy (non-hydrogen) atoms. The van der Waals surface area contributed by atoms with Crippen LogP contribution in [0, 0.1) is 13.8 Å². The second-order valence-corrected chi connectivity index (χ2v) is 6.40. The van der Waals surface area contributed by atoms with Gasteiger partial charge in [0.25, 0.3) is 0 Å². The first-order valence-corrected chi connectivity index (χ1v) is 8.08. The van der Waals surface area contributed by atoms with Gasteiger partial charge in [-0.25, -0.2) is 0 Å². The van der Waals surface area contributed by atoms with Crippen LogP contribution in [-0.2, 0) is 6.54 Å². The second kappa shape index (κ2) is 7.41. The van der Waals surface area contributed by atoms with Gasteiger partial charge in [-0.3, -0.25) is 0 Å². The SMILES string of the molecule is Cc1ccc(CNC(=S)Nc2c(C)cccc2C(C)C)cc1. The molecule has 0 aliphatic heterocycles. The molecule has 0 unspecified atom stereocenters. The molecule has 116 valence electrons. The lowest BCUT2D eigenvalue weighted by molar-refractivity contribution is 0.866. The van der Waals surface area contributed by atoms with Crippen LogP contribution in [0.3, 0.4) is 0 Å². The smallest absolute Gasteiger partial charge is 0.171 e. The van der Waals surface area contributed by atoms with Gasteiger partial charge in [0.05, 0.1) is 0 Å². The molecule has 0 radical (unpaired) electrons. The highest BCUT2D eigenvalue weighted by molar-refractivity contribution is 7.80. The molecular weight excluding hydrogens is 288 g/mol. The summed E-state index contributed by atoms with van der Waals surface area (Å²) in [6.07, 6.45) is 0. The Balaban J connectivity index is 2.02. The molecule has 0 amide bonds. The molecule has 2 nitrogen and oxygen atoms in total. The average molecular weight is 312 g/mol. The van der Waals surface area contributed by atoms with E-state index in [0.717, 1.165) is 12.2 Å². The van der Waals surface area contributed by atoms with Gasteiger partial charge in [0.1, 0.15) is 0 Å². The summed E-state index contributed by atoms with van der Waals surface area (Å²) in [5.41, 5.74) is 6.12. The molecule has 0 bridgehead atoms. The number of aryl methyl sites for hydroxylation is 2. The van der Waals surface area contributed by atoms with Crippen LogP contribution in [0.1, 0.15) is 42.0 Å². The van der Waals surface area contributed by atoms with Gasteiger partial charge in [0, 0.05) is 12.2 Å². The van der Waals surface area contributed by atoms with Gasteiger partial charge in [-0.1, -0.05) is 61.9 Å². The molecule has 0 heterocycles. The molecule has 0 atom stereocenters. The van der Waals surface area contributed by atoms with Crippen LogP contribution in [-0.4, -0.2) is 5.11 Å². The number of para-hydroxylation sites is 1. The van der Waals surface area contributed by atoms with Gasteiger partial charge >= 0.3 is 0 Å². The molecule has 0 spiro atoms. The molecule has 3 heteroatoms. The first-order chi connectivity index (χ1) is 10.5. The molecule has 0 aliphatic carbocycles. The molecule has 2 aromatic rings. The van der Waals surface area contributed by atoms with Crippen LogP contribution in [0.4, 0.5) is 5.69 Å². The van der Waals surface area contributed by atoms with E-state index in [4.69, 9.17) is 12.2 Å². The second-order valence-electron chi connectivity index (χ2n) is 5.99. The van der Waals surface area contributed by atoms with E-state index in [1.165, 1.54) is 22.3 Å². The van der Waals surface area contributed by atoms with E-state index in [2.05, 4.69) is 80.8 Å². The van der Waals surface area contributed by atoms with E-state index in [-0.39, 0.29) is 0 Å². The van der Waals surface area contributed by atoms with Crippen LogP contribution in [0.2, 0.25) is 0 Å². The Labute approximate surface area is 139 Å². The maximum Gasteiger partial charge on any atom is 0.171 e. The maximum absolute atomic E-state index is 5.44. The predicted molar refractivity (Wildman–Crippen MR) is 99.5 cm³/mol. The summed E-state index contributed by atoms with van der Waals surface area (Å²) >= 11 is 5.44. The fourth-order valence-corrected chi connectivity index (χ4v) is 2.56. The van der Waals surface area contributed by atoms with E-state index < -0.39 is 0 Å². The van der Waals surface area contributed by atoms with Crippen molar-refractivity contribution >= 4 is 23.0 Å². The summed E-state index contributed by atoms with van der Waals surface area (Å²) in [6.45, 7) is 9.33. The predicted octanol–water partition coefficient (Wildman–Crippen LogP) is 4.91. The Hall–Kier alpha value is -1.87. The van der Waals surface area contributed by atoms with Crippen molar-refractivity contribution in [2.45, 2.75) is 40.2 Å². The molecule has 2 rings (SSSR count). The average Bonchev–Trinajstić information content (AvgIpc) is 2.48. The number of thiocarbonyl (C=S) groups is 1. The standard InChI is InChI=1S/C19H24N2S/c1-13(2)17-7-5-6-15(4)18(17)21-19(22)20-12-16-10-8-14(3)9-11-16/h5-11,13H,12H2,1-4H3,(H2,20,21,22). The fourth-order valence-electron chi connectivity index (χ4n) is 2.39. The topological polar surface area (TPSA) is 24.1 Å². The fraction of sp³-hybridized carbons (Fsp3) is 0.316. The van der Waals surface area contributed by atoms with Gasteiger partial charge in [0.2, 0.25) is 0 Å². The van der Waals surface area contributed by atoms with Crippen molar-refractivity contribution in [2.75, 3.05) is 5.32 Å². The quantitative estimate of drug-likeness (QED) is 0.784. The lowest BCUT2D eigenvalue weighted by Crippen LogP contribution is -2.28. The third kappa shape index (κ3) is 4.31. The third-order valence-electron chi connectivity index (χ3n) is 3.74. The first kappa shape index (κ1) is 16.5. The van der Waals surface area contributed by atoms with Crippen molar-refractivity contribution in [3.8, 4) is 0 Å². The van der Waals surface area contributed by atoms with Gasteiger partial charge in [0.15, 0.2) is 5.11 Å². The highest BCUT2D eigenvalue weighted by Crippen LogP contribution is 2.27. The first-order valence-electron chi connectivity index (χ1n) is 7.67. The zero-order chi connectivity index (χ0) is 16.1. The number of rotatable bonds is 4. The van der Waals surface area contributed by atoms with Crippen LogP contribution in [0.25, 0.3) is 0 Å². The number of nitrogens with one attached hydrogen (secondary N) is 2. The van der Waals surface area contributed by atoms with Gasteiger partial charge in [-0.05, 0) is 48.7 Å². The minimum absolute atomic E-state index is 0.460. The summed E-state index contributed by atoms with van der Waals surface area (Å²) in [5, 5.41) is 7.31. The summed E-state index contributed by atoms with van der Waals surface area (Å²) in [4.78, 5) is 0. The molecule has 0 fully saturated rings. The Morgan fingerprint density at radius 1 is 1.05 bits per heavy atom. The molecular formula is C19H24N2S. The van der Waals surface area contributed by atoms with Crippen molar-refractivity contribution in [3.05, 3.63) is 64.7 Å². The molecule has 0 saturated carbocycles. The maximum atomic E-state index is 5.44. The molecule has 2 aromatic carbocycles. The van der Waals surface area contributed by atoms with E-state index in [1.54, 1.807) is 0 Å². The number of hydrogen-bond acceptors (Lipinski definition) is 1. The van der Waals surface area contributed by atoms with Gasteiger partial charge in [-0.2, -0.15) is 0 Å². The Kier molecular flexibility index (Phi) is 5.56. The Bertz CT molecular complexity index is 645. The normalized spacial score (nSPS) is 10.6. The Morgan fingerprint density at radius 2 is 1.73 bits per heavy atom.